The van der Waals surface area contributed by atoms with Crippen LogP contribution in [0, 0.1) is 6.92 Å². The number of imidazole rings is 1. The highest BCUT2D eigenvalue weighted by atomic mass is 16.5. The van der Waals surface area contributed by atoms with E-state index in [4.69, 9.17) is 4.74 Å². The van der Waals surface area contributed by atoms with E-state index in [1.54, 1.807) is 13.3 Å². The molecular weight excluding hydrogens is 368 g/mol. The summed E-state index contributed by atoms with van der Waals surface area (Å²) in [6.07, 6.45) is 1.81. The molecule has 4 rings (SSSR count). The molecule has 0 atom stereocenters. The third-order valence-electron chi connectivity index (χ3n) is 5.34. The van der Waals surface area contributed by atoms with Gasteiger partial charge in [-0.2, -0.15) is 0 Å². The molecule has 29 heavy (non-hydrogen) atoms. The molecule has 1 aliphatic heterocycles. The monoisotopic (exact) mass is 394 g/mol. The molecule has 0 unspecified atom stereocenters. The summed E-state index contributed by atoms with van der Waals surface area (Å²) in [5.74, 6) is 1.75. The Balaban J connectivity index is 1.27. The van der Waals surface area contributed by atoms with Crippen LogP contribution in [0.1, 0.15) is 5.82 Å². The molecule has 0 aliphatic carbocycles. The summed E-state index contributed by atoms with van der Waals surface area (Å²) in [5.41, 5.74) is 2.64. The molecule has 3 heterocycles. The minimum Gasteiger partial charge on any atom is -0.497 e. The number of aromatic nitrogens is 3. The van der Waals surface area contributed by atoms with Crippen LogP contribution in [0.3, 0.4) is 0 Å². The predicted molar refractivity (Wildman–Crippen MR) is 112 cm³/mol. The lowest BCUT2D eigenvalue weighted by Gasteiger charge is -2.34. The van der Waals surface area contributed by atoms with Crippen molar-refractivity contribution in [2.24, 2.45) is 0 Å². The molecule has 1 aromatic carbocycles. The normalized spacial score (nSPS) is 14.9. The molecule has 1 fully saturated rings. The van der Waals surface area contributed by atoms with Crippen molar-refractivity contribution in [3.63, 3.8) is 0 Å². The molecule has 8 heteroatoms. The average molecular weight is 394 g/mol. The van der Waals surface area contributed by atoms with Gasteiger partial charge in [-0.25, -0.2) is 14.8 Å². The number of amides is 2. The SMILES string of the molecule is COc1ccc(NC(=O)N2CCN(CCn3c(C)nc4cccnc43)CC2)cc1. The van der Waals surface area contributed by atoms with Crippen molar-refractivity contribution >= 4 is 22.9 Å². The largest absolute Gasteiger partial charge is 0.497 e. The molecule has 0 bridgehead atoms. The number of hydrogen-bond acceptors (Lipinski definition) is 5. The van der Waals surface area contributed by atoms with E-state index in [0.717, 1.165) is 54.6 Å². The van der Waals surface area contributed by atoms with Gasteiger partial charge in [0.15, 0.2) is 5.65 Å². The van der Waals surface area contributed by atoms with Gasteiger partial charge in [0, 0.05) is 51.2 Å². The number of carbonyl (C=O) groups is 1. The third kappa shape index (κ3) is 4.32. The molecule has 1 saturated heterocycles. The van der Waals surface area contributed by atoms with Gasteiger partial charge in [0.2, 0.25) is 0 Å². The van der Waals surface area contributed by atoms with Crippen LogP contribution in [0.25, 0.3) is 11.2 Å². The Hall–Kier alpha value is -3.13. The topological polar surface area (TPSA) is 75.5 Å². The van der Waals surface area contributed by atoms with Gasteiger partial charge in [-0.15, -0.1) is 0 Å². The summed E-state index contributed by atoms with van der Waals surface area (Å²) in [6, 6.07) is 11.2. The zero-order valence-electron chi connectivity index (χ0n) is 16.8. The van der Waals surface area contributed by atoms with Gasteiger partial charge >= 0.3 is 6.03 Å². The highest BCUT2D eigenvalue weighted by Gasteiger charge is 2.21. The lowest BCUT2D eigenvalue weighted by molar-refractivity contribution is 0.144. The summed E-state index contributed by atoms with van der Waals surface area (Å²) >= 11 is 0. The average Bonchev–Trinajstić information content (AvgIpc) is 3.08. The van der Waals surface area contributed by atoms with Crippen LogP contribution in [-0.2, 0) is 6.54 Å². The van der Waals surface area contributed by atoms with Crippen LogP contribution in [0.4, 0.5) is 10.5 Å². The molecule has 0 radical (unpaired) electrons. The summed E-state index contributed by atoms with van der Waals surface area (Å²) in [7, 11) is 1.63. The number of hydrogen-bond donors (Lipinski definition) is 1. The van der Waals surface area contributed by atoms with E-state index in [9.17, 15) is 4.79 Å². The van der Waals surface area contributed by atoms with Crippen LogP contribution in [0.15, 0.2) is 42.6 Å². The summed E-state index contributed by atoms with van der Waals surface area (Å²) < 4.78 is 7.31. The lowest BCUT2D eigenvalue weighted by atomic mass is 10.3. The number of aryl methyl sites for hydroxylation is 1. The van der Waals surface area contributed by atoms with E-state index in [1.807, 2.05) is 48.2 Å². The third-order valence-corrected chi connectivity index (χ3v) is 5.34. The fourth-order valence-electron chi connectivity index (χ4n) is 3.63. The zero-order valence-corrected chi connectivity index (χ0v) is 16.8. The maximum absolute atomic E-state index is 12.5. The number of methoxy groups -OCH3 is 1. The molecule has 2 amide bonds. The molecule has 1 N–H and O–H groups in total. The fraction of sp³-hybridized carbons (Fsp3) is 0.381. The van der Waals surface area contributed by atoms with E-state index in [0.29, 0.717) is 13.1 Å². The number of nitrogens with one attached hydrogen (secondary N) is 1. The van der Waals surface area contributed by atoms with Gasteiger partial charge < -0.3 is 19.5 Å². The first-order valence-corrected chi connectivity index (χ1v) is 9.84. The molecular formula is C21H26N6O2. The van der Waals surface area contributed by atoms with Gasteiger partial charge in [0.1, 0.15) is 17.1 Å². The van der Waals surface area contributed by atoms with E-state index < -0.39 is 0 Å². The van der Waals surface area contributed by atoms with E-state index in [1.165, 1.54) is 0 Å². The van der Waals surface area contributed by atoms with Crippen LogP contribution < -0.4 is 10.1 Å². The van der Waals surface area contributed by atoms with E-state index >= 15 is 0 Å². The predicted octanol–water partition coefficient (Wildman–Crippen LogP) is 2.60. The molecule has 0 spiro atoms. The molecule has 152 valence electrons. The van der Waals surface area contributed by atoms with Gasteiger partial charge in [-0.3, -0.25) is 4.90 Å². The van der Waals surface area contributed by atoms with Crippen LogP contribution in [-0.4, -0.2) is 70.2 Å². The zero-order chi connectivity index (χ0) is 20.2. The van der Waals surface area contributed by atoms with E-state index in [2.05, 4.69) is 24.8 Å². The van der Waals surface area contributed by atoms with Gasteiger partial charge in [-0.1, -0.05) is 0 Å². The highest BCUT2D eigenvalue weighted by molar-refractivity contribution is 5.89. The van der Waals surface area contributed by atoms with Gasteiger partial charge in [0.25, 0.3) is 0 Å². The Kier molecular flexibility index (Phi) is 5.62. The van der Waals surface area contributed by atoms with E-state index in [-0.39, 0.29) is 6.03 Å². The Morgan fingerprint density at radius 3 is 2.59 bits per heavy atom. The number of pyridine rings is 1. The maximum Gasteiger partial charge on any atom is 0.321 e. The van der Waals surface area contributed by atoms with Gasteiger partial charge in [-0.05, 0) is 43.3 Å². The van der Waals surface area contributed by atoms with Crippen molar-refractivity contribution < 1.29 is 9.53 Å². The standard InChI is InChI=1S/C21H26N6O2/c1-16-23-19-4-3-9-22-20(19)27(16)15-12-25-10-13-26(14-11-25)21(28)24-17-5-7-18(29-2)8-6-17/h3-9H,10-15H2,1-2H3,(H,24,28). The van der Waals surface area contributed by atoms with Crippen molar-refractivity contribution in [1.29, 1.82) is 0 Å². The number of anilines is 1. The first kappa shape index (κ1) is 19.2. The number of rotatable bonds is 5. The van der Waals surface area contributed by atoms with Crippen molar-refractivity contribution in [2.75, 3.05) is 45.2 Å². The molecule has 2 aromatic heterocycles. The van der Waals surface area contributed by atoms with Crippen LogP contribution in [0.2, 0.25) is 0 Å². The number of piperazine rings is 1. The first-order chi connectivity index (χ1) is 14.1. The Bertz CT molecular complexity index is 977. The van der Waals surface area contributed by atoms with Crippen LogP contribution in [0.5, 0.6) is 5.75 Å². The first-order valence-electron chi connectivity index (χ1n) is 9.84. The molecule has 8 nitrogen and oxygen atoms in total. The van der Waals surface area contributed by atoms with Crippen molar-refractivity contribution in [2.45, 2.75) is 13.5 Å². The van der Waals surface area contributed by atoms with Crippen molar-refractivity contribution in [3.05, 3.63) is 48.4 Å². The summed E-state index contributed by atoms with van der Waals surface area (Å²) in [6.45, 7) is 6.91. The summed E-state index contributed by atoms with van der Waals surface area (Å²) in [4.78, 5) is 25.8. The second-order valence-corrected chi connectivity index (χ2v) is 7.14. The Morgan fingerprint density at radius 1 is 1.10 bits per heavy atom. The quantitative estimate of drug-likeness (QED) is 0.720. The number of carbonyl (C=O) groups excluding carboxylic acids is 1. The van der Waals surface area contributed by atoms with Crippen LogP contribution >= 0.6 is 0 Å². The fourth-order valence-corrected chi connectivity index (χ4v) is 3.63. The number of nitrogens with zero attached hydrogens (tertiary/aromatic N) is 5. The van der Waals surface area contributed by atoms with Crippen molar-refractivity contribution in [1.82, 2.24) is 24.3 Å². The number of benzene rings is 1. The highest BCUT2D eigenvalue weighted by Crippen LogP contribution is 2.16. The second kappa shape index (κ2) is 8.48. The Morgan fingerprint density at radius 2 is 1.86 bits per heavy atom. The van der Waals surface area contributed by atoms with Crippen molar-refractivity contribution in [3.8, 4) is 5.75 Å². The summed E-state index contributed by atoms with van der Waals surface area (Å²) in [5, 5.41) is 2.95. The Labute approximate surface area is 170 Å². The second-order valence-electron chi connectivity index (χ2n) is 7.14. The molecule has 3 aromatic rings. The minimum atomic E-state index is -0.0598. The number of fused-ring (bicyclic) bond motifs is 1. The number of urea groups is 1. The maximum atomic E-state index is 12.5. The smallest absolute Gasteiger partial charge is 0.321 e. The lowest BCUT2D eigenvalue weighted by Crippen LogP contribution is -2.50. The minimum absolute atomic E-state index is 0.0598. The molecule has 0 saturated carbocycles. The molecule has 1 aliphatic rings. The number of ether oxygens (including phenoxy) is 1. The van der Waals surface area contributed by atoms with Gasteiger partial charge in [0.05, 0.1) is 7.11 Å².